The molecule has 8 heteroatoms. The molecule has 2 atom stereocenters. The van der Waals surface area contributed by atoms with Crippen LogP contribution in [0.1, 0.15) is 54.9 Å². The fraction of sp³-hybridized carbons (Fsp3) is 0.833. The number of alkyl carbamates (subject to hydrolysis) is 1. The number of hydrogen-bond acceptors (Lipinski definition) is 6. The van der Waals surface area contributed by atoms with E-state index in [-0.39, 0.29) is 12.5 Å². The SMILES string of the molecule is CCOC(=O)[C@@H]1C[C@@H](CNC(=O)OC(C)(C)C)CN1C(=O)OC(C)(C)C. The first-order chi connectivity index (χ1) is 11.8. The van der Waals surface area contributed by atoms with Crippen LogP contribution in [0, 0.1) is 5.92 Å². The Balaban J connectivity index is 2.72. The van der Waals surface area contributed by atoms with Crippen LogP contribution in [-0.2, 0) is 19.0 Å². The third-order valence-corrected chi connectivity index (χ3v) is 3.51. The fourth-order valence-corrected chi connectivity index (χ4v) is 2.60. The van der Waals surface area contributed by atoms with Gasteiger partial charge in [0.2, 0.25) is 0 Å². The molecule has 150 valence electrons. The van der Waals surface area contributed by atoms with Crippen LogP contribution in [0.4, 0.5) is 9.59 Å². The monoisotopic (exact) mass is 372 g/mol. The zero-order chi connectivity index (χ0) is 20.1. The van der Waals surface area contributed by atoms with E-state index in [1.807, 2.05) is 0 Å². The van der Waals surface area contributed by atoms with Gasteiger partial charge in [-0.15, -0.1) is 0 Å². The minimum absolute atomic E-state index is 0.0931. The lowest BCUT2D eigenvalue weighted by atomic mass is 10.1. The number of nitrogens with zero attached hydrogens (tertiary/aromatic N) is 1. The molecule has 1 aliphatic heterocycles. The lowest BCUT2D eigenvalue weighted by Crippen LogP contribution is -2.44. The van der Waals surface area contributed by atoms with Crippen LogP contribution < -0.4 is 5.32 Å². The number of carbonyl (C=O) groups excluding carboxylic acids is 3. The Kier molecular flexibility index (Phi) is 7.29. The highest BCUT2D eigenvalue weighted by molar-refractivity contribution is 5.82. The quantitative estimate of drug-likeness (QED) is 0.602. The number of esters is 1. The Morgan fingerprint density at radius 1 is 1.04 bits per heavy atom. The van der Waals surface area contributed by atoms with Gasteiger partial charge in [0.1, 0.15) is 17.2 Å². The van der Waals surface area contributed by atoms with Crippen molar-refractivity contribution in [3.63, 3.8) is 0 Å². The number of hydrogen-bond donors (Lipinski definition) is 1. The van der Waals surface area contributed by atoms with Gasteiger partial charge in [-0.2, -0.15) is 0 Å². The van der Waals surface area contributed by atoms with E-state index in [4.69, 9.17) is 14.2 Å². The zero-order valence-corrected chi connectivity index (χ0v) is 16.9. The molecule has 0 spiro atoms. The summed E-state index contributed by atoms with van der Waals surface area (Å²) < 4.78 is 15.7. The van der Waals surface area contributed by atoms with Crippen molar-refractivity contribution < 1.29 is 28.6 Å². The first kappa shape index (κ1) is 22.1. The molecule has 0 aromatic carbocycles. The minimum atomic E-state index is -0.713. The van der Waals surface area contributed by atoms with Gasteiger partial charge < -0.3 is 19.5 Å². The van der Waals surface area contributed by atoms with Crippen molar-refractivity contribution in [2.45, 2.75) is 72.1 Å². The summed E-state index contributed by atoms with van der Waals surface area (Å²) in [5.74, 6) is -0.553. The topological polar surface area (TPSA) is 94.2 Å². The van der Waals surface area contributed by atoms with Crippen molar-refractivity contribution in [2.24, 2.45) is 5.92 Å². The summed E-state index contributed by atoms with van der Waals surface area (Å²) in [4.78, 5) is 37.8. The van der Waals surface area contributed by atoms with Gasteiger partial charge in [0.05, 0.1) is 6.61 Å². The Morgan fingerprint density at radius 2 is 1.62 bits per heavy atom. The van der Waals surface area contributed by atoms with E-state index in [1.54, 1.807) is 48.5 Å². The van der Waals surface area contributed by atoms with Crippen LogP contribution in [-0.4, -0.2) is 60.0 Å². The average molecular weight is 372 g/mol. The largest absolute Gasteiger partial charge is 0.464 e. The number of rotatable bonds is 4. The Morgan fingerprint density at radius 3 is 2.12 bits per heavy atom. The van der Waals surface area contributed by atoms with E-state index in [0.717, 1.165) is 0 Å². The summed E-state index contributed by atoms with van der Waals surface area (Å²) in [5.41, 5.74) is -1.25. The van der Waals surface area contributed by atoms with Gasteiger partial charge in [-0.05, 0) is 60.8 Å². The molecule has 1 saturated heterocycles. The van der Waals surface area contributed by atoms with Crippen LogP contribution in [0.25, 0.3) is 0 Å². The van der Waals surface area contributed by atoms with Gasteiger partial charge in [0.15, 0.2) is 0 Å². The molecule has 0 unspecified atom stereocenters. The van der Waals surface area contributed by atoms with Crippen molar-refractivity contribution in [3.8, 4) is 0 Å². The van der Waals surface area contributed by atoms with Crippen molar-refractivity contribution in [1.82, 2.24) is 10.2 Å². The molecule has 0 aromatic rings. The van der Waals surface area contributed by atoms with Gasteiger partial charge in [0.25, 0.3) is 0 Å². The van der Waals surface area contributed by atoms with E-state index in [0.29, 0.717) is 19.5 Å². The molecular weight excluding hydrogens is 340 g/mol. The highest BCUT2D eigenvalue weighted by atomic mass is 16.6. The molecule has 1 fully saturated rings. The van der Waals surface area contributed by atoms with Crippen LogP contribution >= 0.6 is 0 Å². The first-order valence-corrected chi connectivity index (χ1v) is 8.95. The summed E-state index contributed by atoms with van der Waals surface area (Å²) in [7, 11) is 0. The molecule has 26 heavy (non-hydrogen) atoms. The van der Waals surface area contributed by atoms with Crippen LogP contribution in [0.2, 0.25) is 0 Å². The molecule has 1 N–H and O–H groups in total. The summed E-state index contributed by atoms with van der Waals surface area (Å²) in [6.07, 6.45) is -0.690. The molecular formula is C18H32N2O6. The molecule has 0 aromatic heterocycles. The number of carbonyl (C=O) groups is 3. The van der Waals surface area contributed by atoms with E-state index in [1.165, 1.54) is 4.90 Å². The van der Waals surface area contributed by atoms with Crippen molar-refractivity contribution in [3.05, 3.63) is 0 Å². The Bertz CT molecular complexity index is 521. The van der Waals surface area contributed by atoms with Crippen LogP contribution in [0.3, 0.4) is 0 Å². The number of nitrogens with one attached hydrogen (secondary N) is 1. The number of ether oxygens (including phenoxy) is 3. The van der Waals surface area contributed by atoms with E-state index in [2.05, 4.69) is 5.32 Å². The summed E-state index contributed by atoms with van der Waals surface area (Å²) in [5, 5.41) is 2.69. The van der Waals surface area contributed by atoms with Gasteiger partial charge >= 0.3 is 18.2 Å². The Hall–Kier alpha value is -1.99. The summed E-state index contributed by atoms with van der Waals surface area (Å²) in [6, 6.07) is -0.713. The number of amides is 2. The van der Waals surface area contributed by atoms with Gasteiger partial charge in [-0.1, -0.05) is 0 Å². The molecule has 0 bridgehead atoms. The minimum Gasteiger partial charge on any atom is -0.464 e. The zero-order valence-electron chi connectivity index (χ0n) is 16.9. The fourth-order valence-electron chi connectivity index (χ4n) is 2.60. The van der Waals surface area contributed by atoms with E-state index in [9.17, 15) is 14.4 Å². The maximum Gasteiger partial charge on any atom is 0.411 e. The third-order valence-electron chi connectivity index (χ3n) is 3.51. The van der Waals surface area contributed by atoms with E-state index < -0.39 is 35.4 Å². The molecule has 1 rings (SSSR count). The molecule has 0 saturated carbocycles. The first-order valence-electron chi connectivity index (χ1n) is 8.95. The van der Waals surface area contributed by atoms with Gasteiger partial charge in [-0.25, -0.2) is 14.4 Å². The van der Waals surface area contributed by atoms with Crippen molar-refractivity contribution in [2.75, 3.05) is 19.7 Å². The molecule has 0 radical (unpaired) electrons. The highest BCUT2D eigenvalue weighted by Crippen LogP contribution is 2.26. The lowest BCUT2D eigenvalue weighted by molar-refractivity contribution is -0.148. The van der Waals surface area contributed by atoms with E-state index >= 15 is 0 Å². The predicted molar refractivity (Wildman–Crippen MR) is 95.7 cm³/mol. The summed E-state index contributed by atoms with van der Waals surface area (Å²) >= 11 is 0. The smallest absolute Gasteiger partial charge is 0.411 e. The highest BCUT2D eigenvalue weighted by Gasteiger charge is 2.42. The molecule has 1 heterocycles. The second-order valence-electron chi connectivity index (χ2n) is 8.39. The van der Waals surface area contributed by atoms with Crippen molar-refractivity contribution in [1.29, 1.82) is 0 Å². The maximum absolute atomic E-state index is 12.4. The third kappa shape index (κ3) is 7.49. The molecule has 0 aliphatic carbocycles. The molecule has 2 amide bonds. The van der Waals surface area contributed by atoms with Crippen LogP contribution in [0.15, 0.2) is 0 Å². The Labute approximate surface area is 155 Å². The van der Waals surface area contributed by atoms with Crippen molar-refractivity contribution >= 4 is 18.2 Å². The normalized spacial score (nSPS) is 20.5. The maximum atomic E-state index is 12.4. The second kappa shape index (κ2) is 8.60. The molecule has 1 aliphatic rings. The lowest BCUT2D eigenvalue weighted by Gasteiger charge is -2.27. The average Bonchev–Trinajstić information content (AvgIpc) is 2.86. The second-order valence-corrected chi connectivity index (χ2v) is 8.39. The predicted octanol–water partition coefficient (Wildman–Crippen LogP) is 2.70. The summed E-state index contributed by atoms with van der Waals surface area (Å²) in [6.45, 7) is 13.2. The number of likely N-dealkylation sites (tertiary alicyclic amines) is 1. The van der Waals surface area contributed by atoms with Gasteiger partial charge in [-0.3, -0.25) is 4.90 Å². The van der Waals surface area contributed by atoms with Crippen LogP contribution in [0.5, 0.6) is 0 Å². The molecule has 8 nitrogen and oxygen atoms in total. The standard InChI is InChI=1S/C18H32N2O6/c1-8-24-14(21)13-9-12(10-19-15(22)25-17(2,3)4)11-20(13)16(23)26-18(5,6)7/h12-13H,8-11H2,1-7H3,(H,19,22)/t12-,13-/m0/s1. The van der Waals surface area contributed by atoms with Gasteiger partial charge in [0, 0.05) is 13.1 Å².